The molecular formula is C19H23N5O2. The Hall–Kier alpha value is -2.96. The Bertz CT molecular complexity index is 758. The zero-order valence-corrected chi connectivity index (χ0v) is 14.8. The average Bonchev–Trinajstić information content (AvgIpc) is 2.68. The number of nitrogens with one attached hydrogen (secondary N) is 2. The highest BCUT2D eigenvalue weighted by atomic mass is 16.2. The van der Waals surface area contributed by atoms with E-state index in [0.29, 0.717) is 5.56 Å². The summed E-state index contributed by atoms with van der Waals surface area (Å²) in [7, 11) is 0. The number of nitrogens with zero attached hydrogens (tertiary/aromatic N) is 3. The molecular weight excluding hydrogens is 330 g/mol. The van der Waals surface area contributed by atoms with E-state index in [1.807, 2.05) is 25.1 Å². The molecule has 0 spiro atoms. The van der Waals surface area contributed by atoms with Crippen LogP contribution in [-0.4, -0.2) is 47.5 Å². The number of anilines is 1. The number of hydrogen-bond acceptors (Lipinski definition) is 5. The Morgan fingerprint density at radius 2 is 1.81 bits per heavy atom. The van der Waals surface area contributed by atoms with Crippen LogP contribution in [0.3, 0.4) is 0 Å². The van der Waals surface area contributed by atoms with Crippen molar-refractivity contribution in [3.8, 4) is 0 Å². The average molecular weight is 353 g/mol. The molecule has 0 unspecified atom stereocenters. The second-order valence-electron chi connectivity index (χ2n) is 6.38. The predicted octanol–water partition coefficient (Wildman–Crippen LogP) is 1.30. The molecule has 2 aromatic rings. The fraction of sp³-hybridized carbons (Fsp3) is 0.368. The third kappa shape index (κ3) is 4.56. The van der Waals surface area contributed by atoms with Crippen LogP contribution in [0.25, 0.3) is 0 Å². The first-order chi connectivity index (χ1) is 12.6. The summed E-state index contributed by atoms with van der Waals surface area (Å²) in [6.45, 7) is 3.45. The lowest BCUT2D eigenvalue weighted by atomic mass is 10.1. The van der Waals surface area contributed by atoms with Gasteiger partial charge >= 0.3 is 0 Å². The fourth-order valence-electron chi connectivity index (χ4n) is 3.04. The molecule has 1 saturated heterocycles. The molecule has 3 rings (SSSR count). The van der Waals surface area contributed by atoms with Crippen molar-refractivity contribution >= 4 is 17.8 Å². The monoisotopic (exact) mass is 353 g/mol. The molecule has 7 nitrogen and oxygen atoms in total. The molecule has 1 fully saturated rings. The van der Waals surface area contributed by atoms with Crippen LogP contribution in [0.15, 0.2) is 42.7 Å². The van der Waals surface area contributed by atoms with Gasteiger partial charge in [0.25, 0.3) is 5.91 Å². The maximum atomic E-state index is 12.2. The number of carbonyl (C=O) groups excluding carboxylic acids is 2. The van der Waals surface area contributed by atoms with Crippen molar-refractivity contribution in [1.82, 2.24) is 20.6 Å². The van der Waals surface area contributed by atoms with Gasteiger partial charge in [0.05, 0.1) is 6.54 Å². The quantitative estimate of drug-likeness (QED) is 0.846. The zero-order valence-electron chi connectivity index (χ0n) is 14.8. The normalized spacial score (nSPS) is 14.7. The van der Waals surface area contributed by atoms with Gasteiger partial charge in [-0.3, -0.25) is 9.59 Å². The van der Waals surface area contributed by atoms with E-state index in [1.54, 1.807) is 24.5 Å². The zero-order chi connectivity index (χ0) is 18.4. The van der Waals surface area contributed by atoms with Crippen LogP contribution >= 0.6 is 0 Å². The van der Waals surface area contributed by atoms with Gasteiger partial charge < -0.3 is 15.5 Å². The smallest absolute Gasteiger partial charge is 0.251 e. The maximum Gasteiger partial charge on any atom is 0.251 e. The Morgan fingerprint density at radius 1 is 1.12 bits per heavy atom. The predicted molar refractivity (Wildman–Crippen MR) is 98.9 cm³/mol. The molecule has 136 valence electrons. The highest BCUT2D eigenvalue weighted by Crippen LogP contribution is 2.15. The molecule has 0 saturated carbocycles. The van der Waals surface area contributed by atoms with Crippen molar-refractivity contribution in [3.05, 3.63) is 53.9 Å². The number of rotatable bonds is 5. The van der Waals surface area contributed by atoms with Gasteiger partial charge in [0.15, 0.2) is 0 Å². The summed E-state index contributed by atoms with van der Waals surface area (Å²) < 4.78 is 0. The third-order valence-electron chi connectivity index (χ3n) is 4.49. The highest BCUT2D eigenvalue weighted by molar-refractivity contribution is 5.97. The van der Waals surface area contributed by atoms with Gasteiger partial charge in [-0.2, -0.15) is 0 Å². The summed E-state index contributed by atoms with van der Waals surface area (Å²) in [5.74, 6) is 0.332. The molecule has 0 aliphatic carbocycles. The van der Waals surface area contributed by atoms with Gasteiger partial charge in [-0.25, -0.2) is 9.97 Å². The molecule has 2 amide bonds. The summed E-state index contributed by atoms with van der Waals surface area (Å²) in [5, 5.41) is 5.67. The molecule has 7 heteroatoms. The molecule has 2 heterocycles. The molecule has 0 radical (unpaired) electrons. The Balaban J connectivity index is 1.42. The van der Waals surface area contributed by atoms with E-state index in [0.717, 1.165) is 37.4 Å². The molecule has 0 bridgehead atoms. The standard InChI is InChI=1S/C19H23N5O2/c1-14-5-2-3-6-16(14)18(26)22-13-17(25)23-15-7-11-24(12-8-15)19-20-9-4-10-21-19/h2-6,9-10,15H,7-8,11-13H2,1H3,(H,22,26)(H,23,25). The van der Waals surface area contributed by atoms with Crippen LogP contribution < -0.4 is 15.5 Å². The minimum absolute atomic E-state index is 0.0187. The second-order valence-corrected chi connectivity index (χ2v) is 6.38. The van der Waals surface area contributed by atoms with Crippen LogP contribution in [0.5, 0.6) is 0 Å². The topological polar surface area (TPSA) is 87.2 Å². The Labute approximate surface area is 152 Å². The van der Waals surface area contributed by atoms with Gasteiger partial charge in [0, 0.05) is 37.1 Å². The molecule has 0 atom stereocenters. The lowest BCUT2D eigenvalue weighted by molar-refractivity contribution is -0.120. The number of amides is 2. The first kappa shape index (κ1) is 17.8. The van der Waals surface area contributed by atoms with Crippen LogP contribution in [-0.2, 0) is 4.79 Å². The van der Waals surface area contributed by atoms with Crippen molar-refractivity contribution in [2.24, 2.45) is 0 Å². The Morgan fingerprint density at radius 3 is 2.50 bits per heavy atom. The fourth-order valence-corrected chi connectivity index (χ4v) is 3.04. The van der Waals surface area contributed by atoms with Gasteiger partial charge in [-0.15, -0.1) is 0 Å². The number of aromatic nitrogens is 2. The van der Waals surface area contributed by atoms with E-state index in [4.69, 9.17) is 0 Å². The van der Waals surface area contributed by atoms with E-state index in [-0.39, 0.29) is 24.4 Å². The van der Waals surface area contributed by atoms with Crippen LogP contribution in [0.4, 0.5) is 5.95 Å². The summed E-state index contributed by atoms with van der Waals surface area (Å²) in [6.07, 6.45) is 5.12. The molecule has 1 aliphatic heterocycles. The minimum Gasteiger partial charge on any atom is -0.352 e. The number of piperidine rings is 1. The van der Waals surface area contributed by atoms with Gasteiger partial charge in [-0.1, -0.05) is 18.2 Å². The third-order valence-corrected chi connectivity index (χ3v) is 4.49. The van der Waals surface area contributed by atoms with Crippen LogP contribution in [0.2, 0.25) is 0 Å². The SMILES string of the molecule is Cc1ccccc1C(=O)NCC(=O)NC1CCN(c2ncccn2)CC1. The number of carbonyl (C=O) groups is 2. The number of benzene rings is 1. The molecule has 26 heavy (non-hydrogen) atoms. The van der Waals surface area contributed by atoms with Gasteiger partial charge in [-0.05, 0) is 37.5 Å². The second kappa shape index (κ2) is 8.42. The molecule has 1 aromatic heterocycles. The van der Waals surface area contributed by atoms with Gasteiger partial charge in [0.1, 0.15) is 0 Å². The van der Waals surface area contributed by atoms with E-state index in [1.165, 1.54) is 0 Å². The number of hydrogen-bond donors (Lipinski definition) is 2. The van der Waals surface area contributed by atoms with Crippen LogP contribution in [0, 0.1) is 6.92 Å². The minimum atomic E-state index is -0.228. The largest absolute Gasteiger partial charge is 0.352 e. The van der Waals surface area contributed by atoms with Crippen molar-refractivity contribution in [2.45, 2.75) is 25.8 Å². The first-order valence-electron chi connectivity index (χ1n) is 8.78. The van der Waals surface area contributed by atoms with Crippen molar-refractivity contribution in [3.63, 3.8) is 0 Å². The summed E-state index contributed by atoms with van der Waals surface area (Å²) in [6, 6.07) is 9.22. The maximum absolute atomic E-state index is 12.2. The molecule has 1 aromatic carbocycles. The van der Waals surface area contributed by atoms with E-state index >= 15 is 0 Å². The van der Waals surface area contributed by atoms with Crippen LogP contribution in [0.1, 0.15) is 28.8 Å². The summed E-state index contributed by atoms with van der Waals surface area (Å²) in [5.41, 5.74) is 1.48. The van der Waals surface area contributed by atoms with Crippen molar-refractivity contribution < 1.29 is 9.59 Å². The lowest BCUT2D eigenvalue weighted by Crippen LogP contribution is -2.47. The van der Waals surface area contributed by atoms with E-state index in [9.17, 15) is 9.59 Å². The highest BCUT2D eigenvalue weighted by Gasteiger charge is 2.22. The van der Waals surface area contributed by atoms with E-state index < -0.39 is 0 Å². The van der Waals surface area contributed by atoms with Gasteiger partial charge in [0.2, 0.25) is 11.9 Å². The van der Waals surface area contributed by atoms with Crippen molar-refractivity contribution in [1.29, 1.82) is 0 Å². The number of aryl methyl sites for hydroxylation is 1. The van der Waals surface area contributed by atoms with Crippen molar-refractivity contribution in [2.75, 3.05) is 24.5 Å². The lowest BCUT2D eigenvalue weighted by Gasteiger charge is -2.32. The summed E-state index contributed by atoms with van der Waals surface area (Å²) in [4.78, 5) is 34.9. The summed E-state index contributed by atoms with van der Waals surface area (Å²) >= 11 is 0. The first-order valence-corrected chi connectivity index (χ1v) is 8.78. The molecule has 1 aliphatic rings. The molecule has 2 N–H and O–H groups in total. The van der Waals surface area contributed by atoms with E-state index in [2.05, 4.69) is 25.5 Å². The Kier molecular flexibility index (Phi) is 5.78.